The summed E-state index contributed by atoms with van der Waals surface area (Å²) in [6.45, 7) is 5.54. The van der Waals surface area contributed by atoms with Crippen LogP contribution in [0.3, 0.4) is 0 Å². The van der Waals surface area contributed by atoms with Crippen molar-refractivity contribution in [3.63, 3.8) is 0 Å². The third-order valence-corrected chi connectivity index (χ3v) is 1.77. The van der Waals surface area contributed by atoms with Gasteiger partial charge in [-0.15, -0.1) is 0 Å². The van der Waals surface area contributed by atoms with Gasteiger partial charge < -0.3 is 5.32 Å². The summed E-state index contributed by atoms with van der Waals surface area (Å²) >= 11 is 0. The molecular formula is C9H16N2O2. The summed E-state index contributed by atoms with van der Waals surface area (Å²) in [7, 11) is 1.81. The molecule has 0 saturated heterocycles. The van der Waals surface area contributed by atoms with Gasteiger partial charge in [-0.2, -0.15) is 0 Å². The molecule has 0 aliphatic heterocycles. The van der Waals surface area contributed by atoms with Gasteiger partial charge in [0, 0.05) is 11.1 Å². The molecule has 0 unspecified atom stereocenters. The summed E-state index contributed by atoms with van der Waals surface area (Å²) in [5.74, 6) is -0.363. The molecule has 0 radical (unpaired) electrons. The van der Waals surface area contributed by atoms with E-state index < -0.39 is 0 Å². The van der Waals surface area contributed by atoms with E-state index in [4.69, 9.17) is 0 Å². The van der Waals surface area contributed by atoms with Crippen LogP contribution in [-0.2, 0) is 9.59 Å². The fourth-order valence-electron chi connectivity index (χ4n) is 0.846. The smallest absolute Gasteiger partial charge is 0.253 e. The number of hydrogen-bond acceptors (Lipinski definition) is 3. The van der Waals surface area contributed by atoms with E-state index in [-0.39, 0.29) is 11.4 Å². The number of amides is 2. The van der Waals surface area contributed by atoms with Crippen LogP contribution in [-0.4, -0.2) is 24.9 Å². The highest BCUT2D eigenvalue weighted by Gasteiger charge is 2.13. The summed E-state index contributed by atoms with van der Waals surface area (Å²) in [6.07, 6.45) is 2.15. The summed E-state index contributed by atoms with van der Waals surface area (Å²) < 4.78 is 0. The standard InChI is InChI=1S/C9H16N2O2/c1-7(8(13)11-6-12)5-9(2,3)10-4/h5-6,10H,1-4H3,(H,11,12,13)/b7-5-. The van der Waals surface area contributed by atoms with Gasteiger partial charge in [0.25, 0.3) is 5.91 Å². The highest BCUT2D eigenvalue weighted by Crippen LogP contribution is 2.06. The Morgan fingerprint density at radius 1 is 1.38 bits per heavy atom. The maximum atomic E-state index is 11.1. The third-order valence-electron chi connectivity index (χ3n) is 1.77. The minimum absolute atomic E-state index is 0.246. The lowest BCUT2D eigenvalue weighted by molar-refractivity contribution is -0.122. The summed E-state index contributed by atoms with van der Waals surface area (Å²) in [5.41, 5.74) is 0.274. The maximum absolute atomic E-state index is 11.1. The number of hydrogen-bond donors (Lipinski definition) is 2. The molecule has 4 nitrogen and oxygen atoms in total. The molecule has 0 aliphatic rings. The summed E-state index contributed by atoms with van der Waals surface area (Å²) in [4.78, 5) is 21.1. The lowest BCUT2D eigenvalue weighted by Crippen LogP contribution is -2.35. The molecule has 0 bridgehead atoms. The Kier molecular flexibility index (Phi) is 4.34. The second kappa shape index (κ2) is 4.77. The number of carbonyl (C=O) groups is 2. The van der Waals surface area contributed by atoms with Crippen LogP contribution >= 0.6 is 0 Å². The molecule has 0 saturated carbocycles. The van der Waals surface area contributed by atoms with Crippen molar-refractivity contribution in [1.29, 1.82) is 0 Å². The monoisotopic (exact) mass is 184 g/mol. The van der Waals surface area contributed by atoms with E-state index >= 15 is 0 Å². The van der Waals surface area contributed by atoms with Crippen molar-refractivity contribution in [2.24, 2.45) is 0 Å². The predicted octanol–water partition coefficient (Wildman–Crippen LogP) is 0.203. The van der Waals surface area contributed by atoms with Crippen molar-refractivity contribution in [1.82, 2.24) is 10.6 Å². The fourth-order valence-corrected chi connectivity index (χ4v) is 0.846. The first kappa shape index (κ1) is 11.8. The Morgan fingerprint density at radius 2 is 1.92 bits per heavy atom. The molecule has 0 spiro atoms. The van der Waals surface area contributed by atoms with Crippen LogP contribution in [0.2, 0.25) is 0 Å². The number of likely N-dealkylation sites (N-methyl/N-ethyl adjacent to an activating group) is 1. The molecule has 0 fully saturated rings. The average Bonchev–Trinajstić information content (AvgIpc) is 2.04. The number of nitrogens with one attached hydrogen (secondary N) is 2. The summed E-state index contributed by atoms with van der Waals surface area (Å²) in [5, 5.41) is 5.10. The van der Waals surface area contributed by atoms with Gasteiger partial charge in [-0.05, 0) is 27.8 Å². The quantitative estimate of drug-likeness (QED) is 0.485. The first-order valence-corrected chi connectivity index (χ1v) is 4.06. The number of imide groups is 1. The topological polar surface area (TPSA) is 58.2 Å². The second-order valence-electron chi connectivity index (χ2n) is 3.39. The third kappa shape index (κ3) is 4.42. The van der Waals surface area contributed by atoms with Crippen molar-refractivity contribution in [3.05, 3.63) is 11.6 Å². The Bertz CT molecular complexity index is 232. The van der Waals surface area contributed by atoms with Crippen LogP contribution in [0.1, 0.15) is 20.8 Å². The van der Waals surface area contributed by atoms with E-state index in [2.05, 4.69) is 10.6 Å². The van der Waals surface area contributed by atoms with Crippen molar-refractivity contribution in [2.75, 3.05) is 7.05 Å². The molecule has 13 heavy (non-hydrogen) atoms. The first-order chi connectivity index (χ1) is 5.93. The molecule has 0 aliphatic carbocycles. The van der Waals surface area contributed by atoms with Crippen molar-refractivity contribution >= 4 is 12.3 Å². The van der Waals surface area contributed by atoms with E-state index in [0.29, 0.717) is 12.0 Å². The second-order valence-corrected chi connectivity index (χ2v) is 3.39. The molecule has 0 aromatic carbocycles. The van der Waals surface area contributed by atoms with E-state index in [0.717, 1.165) is 0 Å². The van der Waals surface area contributed by atoms with Gasteiger partial charge in [-0.1, -0.05) is 6.08 Å². The van der Waals surface area contributed by atoms with Crippen molar-refractivity contribution in [2.45, 2.75) is 26.3 Å². The lowest BCUT2D eigenvalue weighted by atomic mass is 10.0. The molecule has 4 heteroatoms. The zero-order valence-corrected chi connectivity index (χ0v) is 8.47. The van der Waals surface area contributed by atoms with E-state index in [9.17, 15) is 9.59 Å². The van der Waals surface area contributed by atoms with Crippen molar-refractivity contribution < 1.29 is 9.59 Å². The molecule has 2 N–H and O–H groups in total. The molecule has 0 heterocycles. The van der Waals surface area contributed by atoms with Crippen LogP contribution in [0.5, 0.6) is 0 Å². The van der Waals surface area contributed by atoms with Gasteiger partial charge in [-0.3, -0.25) is 14.9 Å². The van der Waals surface area contributed by atoms with Crippen LogP contribution in [0.25, 0.3) is 0 Å². The number of rotatable bonds is 4. The average molecular weight is 184 g/mol. The molecule has 0 rings (SSSR count). The Morgan fingerprint density at radius 3 is 2.31 bits per heavy atom. The van der Waals surface area contributed by atoms with Crippen molar-refractivity contribution in [3.8, 4) is 0 Å². The molecule has 2 amide bonds. The number of carbonyl (C=O) groups excluding carboxylic acids is 2. The minimum atomic E-state index is -0.363. The normalized spacial score (nSPS) is 12.5. The highest BCUT2D eigenvalue weighted by atomic mass is 16.2. The van der Waals surface area contributed by atoms with Gasteiger partial charge in [0.1, 0.15) is 0 Å². The first-order valence-electron chi connectivity index (χ1n) is 4.06. The lowest BCUT2D eigenvalue weighted by Gasteiger charge is -2.19. The van der Waals surface area contributed by atoms with Crippen LogP contribution in [0.4, 0.5) is 0 Å². The fraction of sp³-hybridized carbons (Fsp3) is 0.556. The van der Waals surface area contributed by atoms with Gasteiger partial charge >= 0.3 is 0 Å². The Balaban J connectivity index is 4.48. The largest absolute Gasteiger partial charge is 0.311 e. The van der Waals surface area contributed by atoms with E-state index in [1.165, 1.54) is 0 Å². The Labute approximate surface area is 78.4 Å². The molecular weight excluding hydrogens is 168 g/mol. The SMILES string of the molecule is CNC(C)(C)/C=C(/C)C(=O)NC=O. The summed E-state index contributed by atoms with van der Waals surface area (Å²) in [6, 6.07) is 0. The maximum Gasteiger partial charge on any atom is 0.253 e. The minimum Gasteiger partial charge on any atom is -0.311 e. The zero-order valence-electron chi connectivity index (χ0n) is 8.47. The van der Waals surface area contributed by atoms with Crippen LogP contribution in [0, 0.1) is 0 Å². The molecule has 74 valence electrons. The molecule has 0 aromatic heterocycles. The highest BCUT2D eigenvalue weighted by molar-refractivity contribution is 5.98. The molecule has 0 atom stereocenters. The van der Waals surface area contributed by atoms with Gasteiger partial charge in [0.15, 0.2) is 0 Å². The van der Waals surface area contributed by atoms with Gasteiger partial charge in [-0.25, -0.2) is 0 Å². The Hall–Kier alpha value is -1.16. The van der Waals surface area contributed by atoms with Gasteiger partial charge in [0.2, 0.25) is 6.41 Å². The van der Waals surface area contributed by atoms with Crippen LogP contribution < -0.4 is 10.6 Å². The van der Waals surface area contributed by atoms with Crippen LogP contribution in [0.15, 0.2) is 11.6 Å². The van der Waals surface area contributed by atoms with E-state index in [1.807, 2.05) is 13.8 Å². The van der Waals surface area contributed by atoms with E-state index in [1.54, 1.807) is 20.0 Å². The zero-order chi connectivity index (χ0) is 10.5. The van der Waals surface area contributed by atoms with Gasteiger partial charge in [0.05, 0.1) is 0 Å². The molecule has 0 aromatic rings. The predicted molar refractivity (Wildman–Crippen MR) is 51.1 cm³/mol.